The molecule has 0 aliphatic heterocycles. The first-order valence-corrected chi connectivity index (χ1v) is 5.00. The molecule has 0 N–H and O–H groups in total. The van der Waals surface area contributed by atoms with Crippen molar-refractivity contribution in [2.24, 2.45) is 0 Å². The summed E-state index contributed by atoms with van der Waals surface area (Å²) in [6.45, 7) is 4.11. The van der Waals surface area contributed by atoms with Crippen LogP contribution in [0.3, 0.4) is 0 Å². The van der Waals surface area contributed by atoms with Crippen LogP contribution in [-0.2, 0) is 0 Å². The molecule has 0 amide bonds. The maximum absolute atomic E-state index is 4.49. The number of aryl methyl sites for hydroxylation is 2. The topological polar surface area (TPSA) is 12.9 Å². The highest BCUT2D eigenvalue weighted by atomic mass is 79.9. The number of fused-ring (bicyclic) bond motifs is 1. The van der Waals surface area contributed by atoms with E-state index in [4.69, 9.17) is 0 Å². The van der Waals surface area contributed by atoms with E-state index < -0.39 is 0 Å². The zero-order chi connectivity index (χ0) is 9.42. The van der Waals surface area contributed by atoms with Gasteiger partial charge in [-0.2, -0.15) is 0 Å². The lowest BCUT2D eigenvalue weighted by Gasteiger charge is -2.03. The van der Waals surface area contributed by atoms with E-state index in [0.29, 0.717) is 0 Å². The molecule has 1 nitrogen and oxygen atoms in total. The summed E-state index contributed by atoms with van der Waals surface area (Å²) in [5, 5.41) is 1.22. The lowest BCUT2D eigenvalue weighted by molar-refractivity contribution is 1.25. The molecule has 0 unspecified atom stereocenters. The molecule has 13 heavy (non-hydrogen) atoms. The molecule has 0 fully saturated rings. The lowest BCUT2D eigenvalue weighted by Crippen LogP contribution is -1.86. The summed E-state index contributed by atoms with van der Waals surface area (Å²) in [7, 11) is 0. The van der Waals surface area contributed by atoms with E-state index >= 15 is 0 Å². The third-order valence-electron chi connectivity index (χ3n) is 2.17. The highest BCUT2D eigenvalue weighted by Crippen LogP contribution is 2.24. The first kappa shape index (κ1) is 8.70. The van der Waals surface area contributed by atoms with Gasteiger partial charge in [-0.05, 0) is 47.5 Å². The van der Waals surface area contributed by atoms with Crippen LogP contribution in [0.4, 0.5) is 0 Å². The average molecular weight is 236 g/mol. The van der Waals surface area contributed by atoms with Gasteiger partial charge in [0, 0.05) is 15.6 Å². The summed E-state index contributed by atoms with van der Waals surface area (Å²) < 4.78 is 1.07. The molecule has 0 bridgehead atoms. The summed E-state index contributed by atoms with van der Waals surface area (Å²) in [5.74, 6) is 0. The molecule has 0 saturated carbocycles. The van der Waals surface area contributed by atoms with E-state index in [1.807, 2.05) is 19.1 Å². The van der Waals surface area contributed by atoms with Gasteiger partial charge in [0.1, 0.15) is 0 Å². The molecule has 0 spiro atoms. The fourth-order valence-corrected chi connectivity index (χ4v) is 1.86. The van der Waals surface area contributed by atoms with Crippen molar-refractivity contribution in [3.05, 3.63) is 40.0 Å². The van der Waals surface area contributed by atoms with E-state index in [2.05, 4.69) is 40.0 Å². The quantitative estimate of drug-likeness (QED) is 0.680. The van der Waals surface area contributed by atoms with Crippen molar-refractivity contribution in [1.82, 2.24) is 4.98 Å². The molecule has 66 valence electrons. The first-order chi connectivity index (χ1) is 6.18. The molecule has 0 radical (unpaired) electrons. The Labute approximate surface area is 85.9 Å². The Hall–Kier alpha value is -0.890. The summed E-state index contributed by atoms with van der Waals surface area (Å²) in [6, 6.07) is 8.31. The fourth-order valence-electron chi connectivity index (χ4n) is 1.42. The van der Waals surface area contributed by atoms with E-state index in [1.165, 1.54) is 10.9 Å². The van der Waals surface area contributed by atoms with Crippen LogP contribution in [0.2, 0.25) is 0 Å². The molecule has 1 aromatic carbocycles. The van der Waals surface area contributed by atoms with Crippen LogP contribution in [0, 0.1) is 13.8 Å². The zero-order valence-electron chi connectivity index (χ0n) is 7.63. The monoisotopic (exact) mass is 235 g/mol. The molecule has 2 rings (SSSR count). The zero-order valence-corrected chi connectivity index (χ0v) is 9.22. The molecular weight excluding hydrogens is 226 g/mol. The number of aromatic nitrogens is 1. The second kappa shape index (κ2) is 3.11. The van der Waals surface area contributed by atoms with Crippen molar-refractivity contribution in [3.8, 4) is 0 Å². The van der Waals surface area contributed by atoms with Gasteiger partial charge in [-0.15, -0.1) is 0 Å². The van der Waals surface area contributed by atoms with Crippen molar-refractivity contribution < 1.29 is 0 Å². The van der Waals surface area contributed by atoms with E-state index in [9.17, 15) is 0 Å². The molecule has 2 aromatic rings. The van der Waals surface area contributed by atoms with Gasteiger partial charge in [-0.25, -0.2) is 0 Å². The van der Waals surface area contributed by atoms with Gasteiger partial charge in [-0.1, -0.05) is 12.1 Å². The Balaban J connectivity index is 2.92. The normalized spacial score (nSPS) is 10.7. The maximum atomic E-state index is 4.49. The Morgan fingerprint density at radius 3 is 2.62 bits per heavy atom. The van der Waals surface area contributed by atoms with E-state index in [1.54, 1.807) is 0 Å². The third kappa shape index (κ3) is 1.46. The maximum Gasteiger partial charge on any atom is 0.0849 e. The molecule has 1 aromatic heterocycles. The van der Waals surface area contributed by atoms with Crippen LogP contribution in [0.25, 0.3) is 10.9 Å². The minimum Gasteiger partial charge on any atom is -0.252 e. The van der Waals surface area contributed by atoms with Crippen LogP contribution in [-0.4, -0.2) is 4.98 Å². The smallest absolute Gasteiger partial charge is 0.0849 e. The van der Waals surface area contributed by atoms with Crippen molar-refractivity contribution in [3.63, 3.8) is 0 Å². The first-order valence-electron chi connectivity index (χ1n) is 4.21. The predicted molar refractivity (Wildman–Crippen MR) is 58.9 cm³/mol. The number of nitrogens with zero attached hydrogens (tertiary/aromatic N) is 1. The second-order valence-corrected chi connectivity index (χ2v) is 4.07. The summed E-state index contributed by atoms with van der Waals surface area (Å²) >= 11 is 3.50. The summed E-state index contributed by atoms with van der Waals surface area (Å²) in [4.78, 5) is 4.49. The van der Waals surface area contributed by atoms with Crippen LogP contribution in [0.15, 0.2) is 28.7 Å². The fraction of sp³-hybridized carbons (Fsp3) is 0.182. The van der Waals surface area contributed by atoms with Gasteiger partial charge in [0.25, 0.3) is 0 Å². The van der Waals surface area contributed by atoms with Crippen LogP contribution < -0.4 is 0 Å². The van der Waals surface area contributed by atoms with Crippen molar-refractivity contribution >= 4 is 26.8 Å². The molecule has 0 aliphatic carbocycles. The Bertz CT molecular complexity index is 463. The van der Waals surface area contributed by atoms with Crippen molar-refractivity contribution in [2.75, 3.05) is 0 Å². The summed E-state index contributed by atoms with van der Waals surface area (Å²) in [6.07, 6.45) is 0. The minimum atomic E-state index is 1.05. The Morgan fingerprint density at radius 1 is 1.08 bits per heavy atom. The van der Waals surface area contributed by atoms with Crippen LogP contribution in [0.1, 0.15) is 11.3 Å². The molecule has 2 heteroatoms. The van der Waals surface area contributed by atoms with E-state index in [0.717, 1.165) is 15.7 Å². The summed E-state index contributed by atoms with van der Waals surface area (Å²) in [5.41, 5.74) is 3.38. The third-order valence-corrected chi connectivity index (χ3v) is 2.81. The Morgan fingerprint density at radius 2 is 1.85 bits per heavy atom. The second-order valence-electron chi connectivity index (χ2n) is 3.21. The largest absolute Gasteiger partial charge is 0.252 e. The number of rotatable bonds is 0. The molecule has 0 aliphatic rings. The molecule has 0 saturated heterocycles. The molecule has 0 atom stereocenters. The Kier molecular flexibility index (Phi) is 2.08. The van der Waals surface area contributed by atoms with Crippen molar-refractivity contribution in [1.29, 1.82) is 0 Å². The van der Waals surface area contributed by atoms with Crippen LogP contribution >= 0.6 is 15.9 Å². The van der Waals surface area contributed by atoms with E-state index in [-0.39, 0.29) is 0 Å². The predicted octanol–water partition coefficient (Wildman–Crippen LogP) is 3.61. The molecular formula is C11H10BrN. The van der Waals surface area contributed by atoms with Gasteiger partial charge in [-0.3, -0.25) is 4.98 Å². The lowest BCUT2D eigenvalue weighted by atomic mass is 10.1. The number of benzene rings is 1. The minimum absolute atomic E-state index is 1.05. The number of hydrogen-bond donors (Lipinski definition) is 0. The average Bonchev–Trinajstić information content (AvgIpc) is 2.12. The highest BCUT2D eigenvalue weighted by Gasteiger charge is 2.02. The van der Waals surface area contributed by atoms with Crippen molar-refractivity contribution in [2.45, 2.75) is 13.8 Å². The van der Waals surface area contributed by atoms with Gasteiger partial charge >= 0.3 is 0 Å². The highest BCUT2D eigenvalue weighted by molar-refractivity contribution is 9.10. The van der Waals surface area contributed by atoms with Gasteiger partial charge in [0.05, 0.1) is 5.52 Å². The van der Waals surface area contributed by atoms with Gasteiger partial charge in [0.15, 0.2) is 0 Å². The number of hydrogen-bond acceptors (Lipinski definition) is 1. The SMILES string of the molecule is Cc1ccc2c(C)ccc(Br)c2n1. The number of pyridine rings is 1. The number of halogens is 1. The van der Waals surface area contributed by atoms with Gasteiger partial charge in [0.2, 0.25) is 0 Å². The standard InChI is InChI=1S/C11H10BrN/c1-7-3-6-10(12)11-9(7)5-4-8(2)13-11/h3-6H,1-2H3. The van der Waals surface area contributed by atoms with Crippen LogP contribution in [0.5, 0.6) is 0 Å². The van der Waals surface area contributed by atoms with Gasteiger partial charge < -0.3 is 0 Å². The molecule has 1 heterocycles.